The number of phenolic OH excluding ortho intramolecular Hbond substituents is 1. The van der Waals surface area contributed by atoms with Crippen molar-refractivity contribution in [3.63, 3.8) is 0 Å². The molecule has 2 aromatic carbocycles. The van der Waals surface area contributed by atoms with Gasteiger partial charge in [0.2, 0.25) is 0 Å². The highest BCUT2D eigenvalue weighted by Crippen LogP contribution is 2.34. The molecule has 0 saturated carbocycles. The summed E-state index contributed by atoms with van der Waals surface area (Å²) in [6.07, 6.45) is 3.05. The SMILES string of the molecule is OCC1CCCN1.Oc1ccc(CCCCCCc2ccccc2)c(C(F)(F)F)c1. The van der Waals surface area contributed by atoms with Crippen molar-refractivity contribution < 1.29 is 23.4 Å². The van der Waals surface area contributed by atoms with Crippen molar-refractivity contribution >= 4 is 0 Å². The van der Waals surface area contributed by atoms with Gasteiger partial charge >= 0.3 is 6.18 Å². The molecule has 3 rings (SSSR count). The Morgan fingerprint density at radius 1 is 0.933 bits per heavy atom. The molecule has 0 radical (unpaired) electrons. The standard InChI is InChI=1S/C19H21F3O.C5H11NO/c20-19(21,22)18-14-17(23)13-12-16(18)11-7-2-1-4-8-15-9-5-3-6-10-15;7-4-5-2-1-3-6-5/h3,5-6,9-10,12-14,23H,1-2,4,7-8,11H2;5-7H,1-4H2. The van der Waals surface area contributed by atoms with Gasteiger partial charge in [-0.25, -0.2) is 0 Å². The van der Waals surface area contributed by atoms with Crippen molar-refractivity contribution in [1.82, 2.24) is 5.32 Å². The molecule has 1 aliphatic heterocycles. The number of rotatable bonds is 8. The average Bonchev–Trinajstić information content (AvgIpc) is 3.26. The number of aliphatic hydroxyl groups excluding tert-OH is 1. The first-order valence-electron chi connectivity index (χ1n) is 10.7. The summed E-state index contributed by atoms with van der Waals surface area (Å²) < 4.78 is 38.8. The number of phenols is 1. The van der Waals surface area contributed by atoms with Crippen LogP contribution in [0.25, 0.3) is 0 Å². The van der Waals surface area contributed by atoms with Gasteiger partial charge in [0.15, 0.2) is 0 Å². The van der Waals surface area contributed by atoms with Crippen LogP contribution in [0.15, 0.2) is 48.5 Å². The second-order valence-corrected chi connectivity index (χ2v) is 7.71. The van der Waals surface area contributed by atoms with Crippen molar-refractivity contribution in [3.8, 4) is 5.75 Å². The number of unbranched alkanes of at least 4 members (excludes halogenated alkanes) is 3. The minimum absolute atomic E-state index is 0.262. The molecule has 0 aliphatic carbocycles. The summed E-state index contributed by atoms with van der Waals surface area (Å²) in [6, 6.07) is 14.1. The first-order chi connectivity index (χ1) is 14.4. The summed E-state index contributed by atoms with van der Waals surface area (Å²) >= 11 is 0. The van der Waals surface area contributed by atoms with E-state index < -0.39 is 11.7 Å². The highest BCUT2D eigenvalue weighted by Gasteiger charge is 2.33. The maximum absolute atomic E-state index is 12.9. The summed E-state index contributed by atoms with van der Waals surface area (Å²) in [4.78, 5) is 0. The van der Waals surface area contributed by atoms with E-state index in [0.717, 1.165) is 51.1 Å². The molecule has 1 aliphatic rings. The van der Waals surface area contributed by atoms with E-state index in [0.29, 0.717) is 19.1 Å². The van der Waals surface area contributed by atoms with E-state index in [-0.39, 0.29) is 11.3 Å². The zero-order valence-electron chi connectivity index (χ0n) is 17.3. The van der Waals surface area contributed by atoms with Crippen LogP contribution in [0.3, 0.4) is 0 Å². The Morgan fingerprint density at radius 2 is 1.63 bits per heavy atom. The molecular weight excluding hydrogens is 391 g/mol. The number of alkyl halides is 3. The number of nitrogens with one attached hydrogen (secondary N) is 1. The van der Waals surface area contributed by atoms with Crippen LogP contribution < -0.4 is 5.32 Å². The molecule has 0 amide bonds. The van der Waals surface area contributed by atoms with Gasteiger partial charge in [0.25, 0.3) is 0 Å². The Hall–Kier alpha value is -2.05. The smallest absolute Gasteiger partial charge is 0.416 e. The van der Waals surface area contributed by atoms with Crippen LogP contribution in [-0.2, 0) is 19.0 Å². The summed E-state index contributed by atoms with van der Waals surface area (Å²) in [5.41, 5.74) is 0.838. The summed E-state index contributed by atoms with van der Waals surface area (Å²) in [6.45, 7) is 1.39. The van der Waals surface area contributed by atoms with Gasteiger partial charge in [0.1, 0.15) is 5.75 Å². The van der Waals surface area contributed by atoms with Crippen molar-refractivity contribution in [2.45, 2.75) is 63.6 Å². The van der Waals surface area contributed by atoms with Crippen LogP contribution >= 0.6 is 0 Å². The number of aryl methyl sites for hydroxylation is 2. The zero-order chi connectivity index (χ0) is 21.8. The molecule has 30 heavy (non-hydrogen) atoms. The number of halogens is 3. The van der Waals surface area contributed by atoms with Crippen LogP contribution in [0.5, 0.6) is 5.75 Å². The molecule has 3 nitrogen and oxygen atoms in total. The lowest BCUT2D eigenvalue weighted by Gasteiger charge is -2.13. The lowest BCUT2D eigenvalue weighted by molar-refractivity contribution is -0.138. The fourth-order valence-corrected chi connectivity index (χ4v) is 3.60. The third-order valence-corrected chi connectivity index (χ3v) is 5.29. The lowest BCUT2D eigenvalue weighted by Crippen LogP contribution is -2.24. The second kappa shape index (κ2) is 12.6. The monoisotopic (exact) mass is 423 g/mol. The molecular formula is C24H32F3NO2. The summed E-state index contributed by atoms with van der Waals surface area (Å²) in [7, 11) is 0. The number of aromatic hydroxyl groups is 1. The van der Waals surface area contributed by atoms with Gasteiger partial charge in [0, 0.05) is 6.04 Å². The van der Waals surface area contributed by atoms with Gasteiger partial charge in [-0.1, -0.05) is 49.2 Å². The molecule has 0 spiro atoms. The van der Waals surface area contributed by atoms with E-state index in [2.05, 4.69) is 17.4 Å². The minimum Gasteiger partial charge on any atom is -0.508 e. The fraction of sp³-hybridized carbons (Fsp3) is 0.500. The van der Waals surface area contributed by atoms with E-state index in [1.807, 2.05) is 18.2 Å². The Labute approximate surface area is 177 Å². The summed E-state index contributed by atoms with van der Waals surface area (Å²) in [5.74, 6) is -0.344. The highest BCUT2D eigenvalue weighted by molar-refractivity contribution is 5.36. The molecule has 166 valence electrons. The molecule has 0 bridgehead atoms. The Kier molecular flexibility index (Phi) is 10.2. The number of benzene rings is 2. The van der Waals surface area contributed by atoms with Gasteiger partial charge < -0.3 is 15.5 Å². The lowest BCUT2D eigenvalue weighted by atomic mass is 9.99. The van der Waals surface area contributed by atoms with E-state index in [1.165, 1.54) is 24.1 Å². The highest BCUT2D eigenvalue weighted by atomic mass is 19.4. The Balaban J connectivity index is 0.000000386. The maximum atomic E-state index is 12.9. The molecule has 6 heteroatoms. The van der Waals surface area contributed by atoms with Crippen LogP contribution in [-0.4, -0.2) is 29.4 Å². The number of hydrogen-bond acceptors (Lipinski definition) is 3. The fourth-order valence-electron chi connectivity index (χ4n) is 3.60. The molecule has 0 aromatic heterocycles. The molecule has 1 fully saturated rings. The number of aliphatic hydroxyl groups is 1. The topological polar surface area (TPSA) is 52.5 Å². The maximum Gasteiger partial charge on any atom is 0.416 e. The van der Waals surface area contributed by atoms with Crippen molar-refractivity contribution in [1.29, 1.82) is 0 Å². The third kappa shape index (κ3) is 8.76. The quantitative estimate of drug-likeness (QED) is 0.492. The molecule has 3 N–H and O–H groups in total. The van der Waals surface area contributed by atoms with Crippen LogP contribution in [0.2, 0.25) is 0 Å². The van der Waals surface area contributed by atoms with Crippen molar-refractivity contribution in [3.05, 3.63) is 65.2 Å². The molecule has 1 saturated heterocycles. The number of hydrogen-bond donors (Lipinski definition) is 3. The van der Waals surface area contributed by atoms with Gasteiger partial charge in [-0.05, 0) is 68.3 Å². The molecule has 1 unspecified atom stereocenters. The van der Waals surface area contributed by atoms with E-state index >= 15 is 0 Å². The van der Waals surface area contributed by atoms with Crippen molar-refractivity contribution in [2.24, 2.45) is 0 Å². The van der Waals surface area contributed by atoms with Gasteiger partial charge in [-0.2, -0.15) is 13.2 Å². The molecule has 1 heterocycles. The normalized spacial score (nSPS) is 16.2. The van der Waals surface area contributed by atoms with E-state index in [1.54, 1.807) is 0 Å². The zero-order valence-corrected chi connectivity index (χ0v) is 17.3. The Morgan fingerprint density at radius 3 is 2.20 bits per heavy atom. The second-order valence-electron chi connectivity index (χ2n) is 7.71. The van der Waals surface area contributed by atoms with Crippen LogP contribution in [0.1, 0.15) is 55.2 Å². The predicted molar refractivity (Wildman–Crippen MR) is 114 cm³/mol. The summed E-state index contributed by atoms with van der Waals surface area (Å²) in [5, 5.41) is 20.9. The van der Waals surface area contributed by atoms with Gasteiger partial charge in [0.05, 0.1) is 12.2 Å². The van der Waals surface area contributed by atoms with Crippen molar-refractivity contribution in [2.75, 3.05) is 13.2 Å². The predicted octanol–water partition coefficient (Wildman–Crippen LogP) is 5.49. The minimum atomic E-state index is -4.42. The van der Waals surface area contributed by atoms with Crippen LogP contribution in [0, 0.1) is 0 Å². The molecule has 2 aromatic rings. The average molecular weight is 424 g/mol. The van der Waals surface area contributed by atoms with Gasteiger partial charge in [-0.3, -0.25) is 0 Å². The van der Waals surface area contributed by atoms with Gasteiger partial charge in [-0.15, -0.1) is 0 Å². The van der Waals surface area contributed by atoms with E-state index in [9.17, 15) is 18.3 Å². The van der Waals surface area contributed by atoms with Crippen LogP contribution in [0.4, 0.5) is 13.2 Å². The molecule has 1 atom stereocenters. The first-order valence-corrected chi connectivity index (χ1v) is 10.7. The first kappa shape index (κ1) is 24.2. The Bertz CT molecular complexity index is 729. The largest absolute Gasteiger partial charge is 0.508 e. The third-order valence-electron chi connectivity index (χ3n) is 5.29. The van der Waals surface area contributed by atoms with E-state index in [4.69, 9.17) is 5.11 Å².